The van der Waals surface area contributed by atoms with Gasteiger partial charge in [0.05, 0.1) is 17.8 Å². The molecule has 17 heavy (non-hydrogen) atoms. The van der Waals surface area contributed by atoms with E-state index in [-0.39, 0.29) is 5.56 Å². The van der Waals surface area contributed by atoms with E-state index in [4.69, 9.17) is 5.11 Å². The Morgan fingerprint density at radius 3 is 2.65 bits per heavy atom. The van der Waals surface area contributed by atoms with Crippen LogP contribution in [0.4, 0.5) is 5.69 Å². The zero-order valence-corrected chi connectivity index (χ0v) is 9.13. The largest absolute Gasteiger partial charge is 0.478 e. The van der Waals surface area contributed by atoms with Crippen LogP contribution < -0.4 is 5.32 Å². The summed E-state index contributed by atoms with van der Waals surface area (Å²) in [7, 11) is 0. The van der Waals surface area contributed by atoms with E-state index in [0.29, 0.717) is 12.2 Å². The quantitative estimate of drug-likeness (QED) is 0.843. The lowest BCUT2D eigenvalue weighted by Crippen LogP contribution is -2.06. The highest BCUT2D eigenvalue weighted by molar-refractivity contribution is 5.94. The number of aromatic nitrogens is 1. The molecule has 4 heteroatoms. The van der Waals surface area contributed by atoms with Gasteiger partial charge in [0, 0.05) is 11.9 Å². The number of hydrogen-bond donors (Lipinski definition) is 2. The van der Waals surface area contributed by atoms with Crippen molar-refractivity contribution >= 4 is 11.7 Å². The highest BCUT2D eigenvalue weighted by atomic mass is 16.4. The van der Waals surface area contributed by atoms with Crippen molar-refractivity contribution in [1.82, 2.24) is 4.98 Å². The minimum Gasteiger partial charge on any atom is -0.478 e. The third-order valence-electron chi connectivity index (χ3n) is 2.34. The van der Waals surface area contributed by atoms with Crippen LogP contribution in [0, 0.1) is 0 Å². The summed E-state index contributed by atoms with van der Waals surface area (Å²) in [6, 6.07) is 12.4. The van der Waals surface area contributed by atoms with Crippen molar-refractivity contribution in [3.05, 3.63) is 59.9 Å². The van der Waals surface area contributed by atoms with Crippen molar-refractivity contribution in [2.45, 2.75) is 6.54 Å². The maximum atomic E-state index is 11.0. The average molecular weight is 228 g/mol. The van der Waals surface area contributed by atoms with Gasteiger partial charge >= 0.3 is 5.97 Å². The van der Waals surface area contributed by atoms with Crippen LogP contribution in [0.15, 0.2) is 48.7 Å². The molecule has 0 saturated heterocycles. The number of nitrogens with zero attached hydrogens (tertiary/aromatic N) is 1. The molecule has 1 heterocycles. The number of pyridine rings is 1. The number of hydrogen-bond acceptors (Lipinski definition) is 3. The van der Waals surface area contributed by atoms with Gasteiger partial charge in [-0.05, 0) is 24.3 Å². The second kappa shape index (κ2) is 5.12. The minimum absolute atomic E-state index is 0.267. The Labute approximate surface area is 98.9 Å². The Morgan fingerprint density at radius 1 is 1.18 bits per heavy atom. The number of rotatable bonds is 4. The van der Waals surface area contributed by atoms with E-state index in [2.05, 4.69) is 10.3 Å². The molecule has 0 aliphatic rings. The first kappa shape index (κ1) is 11.1. The molecule has 2 N–H and O–H groups in total. The van der Waals surface area contributed by atoms with Crippen LogP contribution in [0.1, 0.15) is 16.1 Å². The van der Waals surface area contributed by atoms with Crippen molar-refractivity contribution in [2.75, 3.05) is 5.32 Å². The third kappa shape index (κ3) is 2.81. The van der Waals surface area contributed by atoms with Gasteiger partial charge in [0.2, 0.25) is 0 Å². The van der Waals surface area contributed by atoms with Crippen molar-refractivity contribution in [3.8, 4) is 0 Å². The fourth-order valence-electron chi connectivity index (χ4n) is 1.51. The average Bonchev–Trinajstić information content (AvgIpc) is 2.38. The van der Waals surface area contributed by atoms with Crippen LogP contribution in [-0.2, 0) is 6.54 Å². The summed E-state index contributed by atoms with van der Waals surface area (Å²) in [6.07, 6.45) is 1.71. The van der Waals surface area contributed by atoms with Gasteiger partial charge in [-0.3, -0.25) is 4.98 Å². The summed E-state index contributed by atoms with van der Waals surface area (Å²) in [6.45, 7) is 0.505. The lowest BCUT2D eigenvalue weighted by Gasteiger charge is -2.08. The molecule has 86 valence electrons. The van der Waals surface area contributed by atoms with Crippen molar-refractivity contribution in [1.29, 1.82) is 0 Å². The monoisotopic (exact) mass is 228 g/mol. The van der Waals surface area contributed by atoms with Gasteiger partial charge in [-0.2, -0.15) is 0 Å². The van der Waals surface area contributed by atoms with E-state index in [1.54, 1.807) is 30.5 Å². The summed E-state index contributed by atoms with van der Waals surface area (Å²) >= 11 is 0. The fraction of sp³-hybridized carbons (Fsp3) is 0.0769. The zero-order valence-electron chi connectivity index (χ0n) is 9.13. The van der Waals surface area contributed by atoms with Crippen molar-refractivity contribution in [2.24, 2.45) is 0 Å². The third-order valence-corrected chi connectivity index (χ3v) is 2.34. The van der Waals surface area contributed by atoms with Crippen LogP contribution in [-0.4, -0.2) is 16.1 Å². The van der Waals surface area contributed by atoms with Crippen LogP contribution in [0.3, 0.4) is 0 Å². The maximum Gasteiger partial charge on any atom is 0.337 e. The van der Waals surface area contributed by atoms with Crippen molar-refractivity contribution < 1.29 is 9.90 Å². The van der Waals surface area contributed by atoms with Gasteiger partial charge in [0.25, 0.3) is 0 Å². The number of carboxylic acids is 1. The number of benzene rings is 1. The standard InChI is InChI=1S/C13H12N2O2/c16-13(17)11-6-1-2-7-12(11)15-9-10-5-3-4-8-14-10/h1-8,15H,9H2,(H,16,17). The van der Waals surface area contributed by atoms with Crippen LogP contribution >= 0.6 is 0 Å². The Hall–Kier alpha value is -2.36. The predicted molar refractivity (Wildman–Crippen MR) is 65.0 cm³/mol. The van der Waals surface area contributed by atoms with Gasteiger partial charge in [-0.1, -0.05) is 18.2 Å². The minimum atomic E-state index is -0.936. The maximum absolute atomic E-state index is 11.0. The number of anilines is 1. The fourth-order valence-corrected chi connectivity index (χ4v) is 1.51. The molecule has 0 aliphatic heterocycles. The van der Waals surface area contributed by atoms with E-state index < -0.39 is 5.97 Å². The summed E-state index contributed by atoms with van der Waals surface area (Å²) in [4.78, 5) is 15.1. The Balaban J connectivity index is 2.12. The summed E-state index contributed by atoms with van der Waals surface area (Å²) in [5, 5.41) is 12.1. The molecule has 2 aromatic rings. The topological polar surface area (TPSA) is 62.2 Å². The second-order valence-electron chi connectivity index (χ2n) is 3.53. The summed E-state index contributed by atoms with van der Waals surface area (Å²) < 4.78 is 0. The first-order valence-corrected chi connectivity index (χ1v) is 5.23. The Kier molecular flexibility index (Phi) is 3.35. The molecule has 1 aromatic heterocycles. The van der Waals surface area contributed by atoms with E-state index in [1.165, 1.54) is 0 Å². The Bertz CT molecular complexity index is 512. The van der Waals surface area contributed by atoms with E-state index in [9.17, 15) is 4.79 Å². The molecule has 4 nitrogen and oxygen atoms in total. The Morgan fingerprint density at radius 2 is 1.94 bits per heavy atom. The number of nitrogens with one attached hydrogen (secondary N) is 1. The van der Waals surface area contributed by atoms with E-state index in [0.717, 1.165) is 5.69 Å². The highest BCUT2D eigenvalue weighted by Gasteiger charge is 2.08. The van der Waals surface area contributed by atoms with Crippen LogP contribution in [0.25, 0.3) is 0 Å². The molecule has 0 aliphatic carbocycles. The molecule has 0 bridgehead atoms. The molecule has 2 rings (SSSR count). The SMILES string of the molecule is O=C(O)c1ccccc1NCc1ccccn1. The number of aromatic carboxylic acids is 1. The van der Waals surface area contributed by atoms with Crippen LogP contribution in [0.5, 0.6) is 0 Å². The van der Waals surface area contributed by atoms with Gasteiger partial charge < -0.3 is 10.4 Å². The molecule has 0 spiro atoms. The molecule has 0 atom stereocenters. The first-order chi connectivity index (χ1) is 8.27. The number of carbonyl (C=O) groups is 1. The van der Waals surface area contributed by atoms with Crippen LogP contribution in [0.2, 0.25) is 0 Å². The molecular weight excluding hydrogens is 216 g/mol. The lowest BCUT2D eigenvalue weighted by molar-refractivity contribution is 0.0698. The smallest absolute Gasteiger partial charge is 0.337 e. The molecule has 0 fully saturated rings. The lowest BCUT2D eigenvalue weighted by atomic mass is 10.2. The predicted octanol–water partition coefficient (Wildman–Crippen LogP) is 2.39. The summed E-state index contributed by atoms with van der Waals surface area (Å²) in [5.74, 6) is -0.936. The molecule has 1 aromatic carbocycles. The molecule has 0 radical (unpaired) electrons. The highest BCUT2D eigenvalue weighted by Crippen LogP contribution is 2.15. The van der Waals surface area contributed by atoms with Gasteiger partial charge in [-0.15, -0.1) is 0 Å². The van der Waals surface area contributed by atoms with Gasteiger partial charge in [-0.25, -0.2) is 4.79 Å². The first-order valence-electron chi connectivity index (χ1n) is 5.23. The second-order valence-corrected chi connectivity index (χ2v) is 3.53. The molecule has 0 amide bonds. The van der Waals surface area contributed by atoms with E-state index >= 15 is 0 Å². The summed E-state index contributed by atoms with van der Waals surface area (Å²) in [5.41, 5.74) is 1.74. The molecule has 0 unspecified atom stereocenters. The molecule has 0 saturated carbocycles. The van der Waals surface area contributed by atoms with Gasteiger partial charge in [0.15, 0.2) is 0 Å². The van der Waals surface area contributed by atoms with E-state index in [1.807, 2.05) is 18.2 Å². The normalized spacial score (nSPS) is 9.88. The van der Waals surface area contributed by atoms with Crippen molar-refractivity contribution in [3.63, 3.8) is 0 Å². The van der Waals surface area contributed by atoms with Gasteiger partial charge in [0.1, 0.15) is 0 Å². The number of para-hydroxylation sites is 1. The number of carboxylic acid groups (broad SMARTS) is 1. The molecular formula is C13H12N2O2. The zero-order chi connectivity index (χ0) is 12.1.